The fourth-order valence-electron chi connectivity index (χ4n) is 3.19. The van der Waals surface area contributed by atoms with Crippen molar-refractivity contribution in [2.24, 2.45) is 0 Å². The molecule has 0 unspecified atom stereocenters. The van der Waals surface area contributed by atoms with E-state index in [0.717, 1.165) is 25.2 Å². The second-order valence-electron chi connectivity index (χ2n) is 7.37. The van der Waals surface area contributed by atoms with Crippen LogP contribution < -0.4 is 0 Å². The third-order valence-corrected chi connectivity index (χ3v) is 4.42. The van der Waals surface area contributed by atoms with Crippen molar-refractivity contribution in [3.8, 4) is 0 Å². The Bertz CT molecular complexity index is 536. The molecule has 2 N–H and O–H groups in total. The number of carbonyl (C=O) groups is 1. The van der Waals surface area contributed by atoms with Crippen LogP contribution in [0.2, 0.25) is 0 Å². The molecule has 1 aliphatic rings. The third kappa shape index (κ3) is 5.03. The van der Waals surface area contributed by atoms with E-state index in [9.17, 15) is 9.90 Å². The maximum absolute atomic E-state index is 10.9. The summed E-state index contributed by atoms with van der Waals surface area (Å²) >= 11 is 0. The molecule has 0 saturated carbocycles. The first-order chi connectivity index (χ1) is 10.7. The number of hydrogen-bond donors (Lipinski definition) is 2. The fraction of sp³-hybridized carbons (Fsp3) is 0.611. The van der Waals surface area contributed by atoms with Crippen LogP contribution in [0.3, 0.4) is 0 Å². The summed E-state index contributed by atoms with van der Waals surface area (Å²) in [6, 6.07) is 7.89. The van der Waals surface area contributed by atoms with Crippen LogP contribution in [-0.4, -0.2) is 63.3 Å². The second kappa shape index (κ2) is 6.99. The van der Waals surface area contributed by atoms with Crippen molar-refractivity contribution < 1.29 is 15.0 Å². The SMILES string of the molecule is C[C@@H]1CN(Cc2ccc(C(=O)O)cc2)[C@@H](C)CN1CC(C)(C)O. The molecule has 1 aliphatic heterocycles. The van der Waals surface area contributed by atoms with Gasteiger partial charge in [-0.15, -0.1) is 0 Å². The highest BCUT2D eigenvalue weighted by molar-refractivity contribution is 5.87. The molecule has 1 saturated heterocycles. The highest BCUT2D eigenvalue weighted by Gasteiger charge is 2.31. The smallest absolute Gasteiger partial charge is 0.335 e. The Morgan fingerprint density at radius 2 is 1.65 bits per heavy atom. The molecule has 5 heteroatoms. The molecule has 5 nitrogen and oxygen atoms in total. The number of benzene rings is 1. The minimum atomic E-state index is -0.890. The van der Waals surface area contributed by atoms with E-state index in [1.807, 2.05) is 26.0 Å². The van der Waals surface area contributed by atoms with Gasteiger partial charge in [0, 0.05) is 38.3 Å². The maximum atomic E-state index is 10.9. The van der Waals surface area contributed by atoms with Gasteiger partial charge in [0.25, 0.3) is 0 Å². The van der Waals surface area contributed by atoms with Crippen LogP contribution in [0.25, 0.3) is 0 Å². The molecule has 1 heterocycles. The van der Waals surface area contributed by atoms with E-state index in [4.69, 9.17) is 5.11 Å². The molecule has 0 amide bonds. The van der Waals surface area contributed by atoms with Crippen LogP contribution in [0.15, 0.2) is 24.3 Å². The van der Waals surface area contributed by atoms with Gasteiger partial charge in [0.1, 0.15) is 0 Å². The maximum Gasteiger partial charge on any atom is 0.335 e. The molecule has 0 spiro atoms. The molecule has 1 aromatic rings. The molecule has 2 rings (SSSR count). The zero-order valence-electron chi connectivity index (χ0n) is 14.5. The quantitative estimate of drug-likeness (QED) is 0.869. The van der Waals surface area contributed by atoms with Gasteiger partial charge in [0.2, 0.25) is 0 Å². The summed E-state index contributed by atoms with van der Waals surface area (Å²) in [6.07, 6.45) is 0. The van der Waals surface area contributed by atoms with E-state index >= 15 is 0 Å². The van der Waals surface area contributed by atoms with Gasteiger partial charge in [0.15, 0.2) is 0 Å². The van der Waals surface area contributed by atoms with Crippen LogP contribution in [0, 0.1) is 0 Å². The van der Waals surface area contributed by atoms with E-state index in [0.29, 0.717) is 24.2 Å². The average Bonchev–Trinajstić information content (AvgIpc) is 2.43. The first kappa shape index (κ1) is 17.9. The number of rotatable bonds is 5. The number of nitrogens with zero attached hydrogens (tertiary/aromatic N) is 2. The zero-order chi connectivity index (χ0) is 17.2. The first-order valence-corrected chi connectivity index (χ1v) is 8.18. The molecule has 0 radical (unpaired) electrons. The summed E-state index contributed by atoms with van der Waals surface area (Å²) in [5, 5.41) is 19.0. The van der Waals surface area contributed by atoms with Crippen molar-refractivity contribution in [2.45, 2.75) is 51.9 Å². The first-order valence-electron chi connectivity index (χ1n) is 8.18. The number of piperazine rings is 1. The predicted octanol–water partition coefficient (Wildman–Crippen LogP) is 2.05. The van der Waals surface area contributed by atoms with Gasteiger partial charge in [-0.2, -0.15) is 0 Å². The Morgan fingerprint density at radius 1 is 1.13 bits per heavy atom. The number of carboxylic acids is 1. The number of β-amino-alcohol motifs (C(OH)–C–C–N with tert-alkyl or cyclic N) is 1. The number of aliphatic hydroxyl groups is 1. The summed E-state index contributed by atoms with van der Waals surface area (Å²) in [6.45, 7) is 11.5. The van der Waals surface area contributed by atoms with Gasteiger partial charge < -0.3 is 10.2 Å². The zero-order valence-corrected chi connectivity index (χ0v) is 14.5. The predicted molar refractivity (Wildman–Crippen MR) is 90.6 cm³/mol. The monoisotopic (exact) mass is 320 g/mol. The van der Waals surface area contributed by atoms with Crippen LogP contribution in [0.5, 0.6) is 0 Å². The Balaban J connectivity index is 1.98. The molecular weight excluding hydrogens is 292 g/mol. The molecule has 0 bridgehead atoms. The summed E-state index contributed by atoms with van der Waals surface area (Å²) in [5.74, 6) is -0.890. The molecule has 1 aromatic carbocycles. The summed E-state index contributed by atoms with van der Waals surface area (Å²) in [4.78, 5) is 15.7. The Morgan fingerprint density at radius 3 is 2.17 bits per heavy atom. The highest BCUT2D eigenvalue weighted by Crippen LogP contribution is 2.20. The van der Waals surface area contributed by atoms with Gasteiger partial charge in [-0.05, 0) is 45.4 Å². The number of aromatic carboxylic acids is 1. The molecule has 128 valence electrons. The van der Waals surface area contributed by atoms with Gasteiger partial charge in [-0.25, -0.2) is 4.79 Å². The minimum Gasteiger partial charge on any atom is -0.478 e. The van der Waals surface area contributed by atoms with Crippen LogP contribution in [0.1, 0.15) is 43.6 Å². The topological polar surface area (TPSA) is 64.0 Å². The normalized spacial score (nSPS) is 23.9. The minimum absolute atomic E-state index is 0.324. The van der Waals surface area contributed by atoms with E-state index < -0.39 is 11.6 Å². The summed E-state index contributed by atoms with van der Waals surface area (Å²) < 4.78 is 0. The lowest BCUT2D eigenvalue weighted by Crippen LogP contribution is -2.58. The van der Waals surface area contributed by atoms with Crippen molar-refractivity contribution in [3.63, 3.8) is 0 Å². The van der Waals surface area contributed by atoms with Gasteiger partial charge >= 0.3 is 5.97 Å². The van der Waals surface area contributed by atoms with Gasteiger partial charge in [-0.1, -0.05) is 12.1 Å². The third-order valence-electron chi connectivity index (χ3n) is 4.42. The Labute approximate surface area is 138 Å². The van der Waals surface area contributed by atoms with Crippen molar-refractivity contribution >= 4 is 5.97 Å². The van der Waals surface area contributed by atoms with Crippen molar-refractivity contribution in [3.05, 3.63) is 35.4 Å². The van der Waals surface area contributed by atoms with Crippen molar-refractivity contribution in [1.82, 2.24) is 9.80 Å². The number of carboxylic acid groups (broad SMARTS) is 1. The summed E-state index contributed by atoms with van der Waals surface area (Å²) in [5.41, 5.74) is 0.776. The lowest BCUT2D eigenvalue weighted by atomic mass is 10.0. The van der Waals surface area contributed by atoms with Crippen LogP contribution in [0.4, 0.5) is 0 Å². The summed E-state index contributed by atoms with van der Waals surface area (Å²) in [7, 11) is 0. The van der Waals surface area contributed by atoms with Gasteiger partial charge in [-0.3, -0.25) is 9.80 Å². The molecule has 0 aromatic heterocycles. The average molecular weight is 320 g/mol. The molecule has 23 heavy (non-hydrogen) atoms. The number of hydrogen-bond acceptors (Lipinski definition) is 4. The van der Waals surface area contributed by atoms with Crippen molar-refractivity contribution in [1.29, 1.82) is 0 Å². The van der Waals surface area contributed by atoms with E-state index in [-0.39, 0.29) is 0 Å². The van der Waals surface area contributed by atoms with Gasteiger partial charge in [0.05, 0.1) is 11.2 Å². The van der Waals surface area contributed by atoms with Crippen molar-refractivity contribution in [2.75, 3.05) is 19.6 Å². The Kier molecular flexibility index (Phi) is 5.45. The second-order valence-corrected chi connectivity index (χ2v) is 7.37. The fourth-order valence-corrected chi connectivity index (χ4v) is 3.19. The highest BCUT2D eigenvalue weighted by atomic mass is 16.4. The van der Waals surface area contributed by atoms with Crippen LogP contribution >= 0.6 is 0 Å². The lowest BCUT2D eigenvalue weighted by Gasteiger charge is -2.45. The lowest BCUT2D eigenvalue weighted by molar-refractivity contribution is -0.0223. The van der Waals surface area contributed by atoms with E-state index in [1.54, 1.807) is 12.1 Å². The standard InChI is InChI=1S/C18H28N2O3/c1-13-10-20(12-18(3,4)23)14(2)9-19(13)11-15-5-7-16(8-6-15)17(21)22/h5-8,13-14,23H,9-12H2,1-4H3,(H,21,22)/t13-,14+/m0/s1. The largest absolute Gasteiger partial charge is 0.478 e. The van der Waals surface area contributed by atoms with E-state index in [1.165, 1.54) is 0 Å². The van der Waals surface area contributed by atoms with E-state index in [2.05, 4.69) is 23.6 Å². The molecule has 0 aliphatic carbocycles. The molecule has 2 atom stereocenters. The van der Waals surface area contributed by atoms with Crippen LogP contribution in [-0.2, 0) is 6.54 Å². The molecule has 1 fully saturated rings. The molecular formula is C18H28N2O3. The Hall–Kier alpha value is -1.43.